The molecule has 0 saturated carbocycles. The van der Waals surface area contributed by atoms with Gasteiger partial charge in [0.2, 0.25) is 5.89 Å². The third-order valence-electron chi connectivity index (χ3n) is 5.72. The highest BCUT2D eigenvalue weighted by atomic mass is 16.5. The Labute approximate surface area is 201 Å². The van der Waals surface area contributed by atoms with Gasteiger partial charge in [-0.05, 0) is 54.6 Å². The fourth-order valence-electron chi connectivity index (χ4n) is 3.94. The van der Waals surface area contributed by atoms with Crippen molar-refractivity contribution in [3.63, 3.8) is 0 Å². The molecule has 0 radical (unpaired) electrons. The number of oxazole rings is 1. The maximum atomic E-state index is 13.3. The second-order valence-corrected chi connectivity index (χ2v) is 8.21. The van der Waals surface area contributed by atoms with Crippen molar-refractivity contribution in [3.05, 3.63) is 90.1 Å². The Morgan fingerprint density at radius 3 is 2.54 bits per heavy atom. The molecule has 0 aliphatic heterocycles. The summed E-state index contributed by atoms with van der Waals surface area (Å²) in [5.74, 6) is -0.222. The molecule has 5 aromatic rings. The number of hydrogen-bond donors (Lipinski definition) is 1. The van der Waals surface area contributed by atoms with Gasteiger partial charge in [-0.3, -0.25) is 4.79 Å². The zero-order chi connectivity index (χ0) is 24.4. The number of para-hydroxylation sites is 2. The molecule has 2 heterocycles. The molecule has 2 aromatic heterocycles. The van der Waals surface area contributed by atoms with Gasteiger partial charge in [0.15, 0.2) is 11.7 Å². The first-order valence-corrected chi connectivity index (χ1v) is 11.4. The van der Waals surface area contributed by atoms with Crippen LogP contribution in [0.15, 0.2) is 83.4 Å². The minimum absolute atomic E-state index is 0.312. The number of aryl methyl sites for hydroxylation is 1. The second-order valence-electron chi connectivity index (χ2n) is 8.21. The Hall–Kier alpha value is -4.52. The van der Waals surface area contributed by atoms with Gasteiger partial charge in [0, 0.05) is 17.1 Å². The van der Waals surface area contributed by atoms with Gasteiger partial charge >= 0.3 is 5.97 Å². The molecular formula is C28H23N3O4. The van der Waals surface area contributed by atoms with E-state index in [4.69, 9.17) is 9.15 Å². The third kappa shape index (κ3) is 4.48. The highest BCUT2D eigenvalue weighted by Gasteiger charge is 2.25. The van der Waals surface area contributed by atoms with Crippen LogP contribution in [-0.2, 0) is 9.53 Å². The first kappa shape index (κ1) is 22.3. The molecule has 35 heavy (non-hydrogen) atoms. The van der Waals surface area contributed by atoms with Crippen LogP contribution in [0.1, 0.15) is 29.3 Å². The first-order chi connectivity index (χ1) is 17.0. The number of fused-ring (bicyclic) bond motifs is 2. The van der Waals surface area contributed by atoms with Crippen molar-refractivity contribution in [1.82, 2.24) is 9.97 Å². The molecule has 1 N–H and O–H groups in total. The van der Waals surface area contributed by atoms with Gasteiger partial charge in [0.05, 0.1) is 5.56 Å². The molecule has 0 spiro atoms. The van der Waals surface area contributed by atoms with E-state index in [1.54, 1.807) is 31.3 Å². The van der Waals surface area contributed by atoms with Gasteiger partial charge in [0.1, 0.15) is 11.3 Å². The predicted octanol–water partition coefficient (Wildman–Crippen LogP) is 5.93. The van der Waals surface area contributed by atoms with E-state index in [1.807, 2.05) is 61.5 Å². The van der Waals surface area contributed by atoms with Gasteiger partial charge in [0.25, 0.3) is 5.91 Å². The molecule has 0 bridgehead atoms. The summed E-state index contributed by atoms with van der Waals surface area (Å²) in [6, 6.07) is 22.1. The highest BCUT2D eigenvalue weighted by Crippen LogP contribution is 2.33. The van der Waals surface area contributed by atoms with Crippen molar-refractivity contribution in [1.29, 1.82) is 0 Å². The van der Waals surface area contributed by atoms with Crippen LogP contribution in [0.3, 0.4) is 0 Å². The van der Waals surface area contributed by atoms with Gasteiger partial charge < -0.3 is 14.5 Å². The summed E-state index contributed by atoms with van der Waals surface area (Å²) in [5, 5.41) is 4.20. The average Bonchev–Trinajstić information content (AvgIpc) is 3.32. The summed E-state index contributed by atoms with van der Waals surface area (Å²) >= 11 is 0. The van der Waals surface area contributed by atoms with Crippen LogP contribution in [-0.4, -0.2) is 27.9 Å². The Morgan fingerprint density at radius 2 is 1.80 bits per heavy atom. The zero-order valence-electron chi connectivity index (χ0n) is 19.3. The van der Waals surface area contributed by atoms with E-state index in [1.165, 1.54) is 0 Å². The van der Waals surface area contributed by atoms with E-state index < -0.39 is 18.0 Å². The van der Waals surface area contributed by atoms with Gasteiger partial charge in [-0.25, -0.2) is 14.8 Å². The monoisotopic (exact) mass is 465 g/mol. The molecule has 174 valence electrons. The van der Waals surface area contributed by atoms with Crippen LogP contribution in [0.4, 0.5) is 5.82 Å². The van der Waals surface area contributed by atoms with Crippen LogP contribution in [0, 0.1) is 6.92 Å². The largest absolute Gasteiger partial charge is 0.449 e. The lowest BCUT2D eigenvalue weighted by Crippen LogP contribution is -2.32. The summed E-state index contributed by atoms with van der Waals surface area (Å²) in [4.78, 5) is 34.9. The summed E-state index contributed by atoms with van der Waals surface area (Å²) in [6.07, 6.45) is 0.996. The van der Waals surface area contributed by atoms with Crippen LogP contribution >= 0.6 is 0 Å². The Balaban J connectivity index is 1.47. The fourth-order valence-corrected chi connectivity index (χ4v) is 3.94. The molecule has 7 heteroatoms. The standard InChI is InChI=1S/C28H23N3O4/c1-3-22(26(32)31-24-15-14-17(2)16-29-24)35-28(33)20-11-7-9-18-8-6-10-19(25(18)20)27-30-21-12-4-5-13-23(21)34-27/h4-16,22H,3H2,1-2H3,(H,29,31,32). The van der Waals surface area contributed by atoms with E-state index in [0.29, 0.717) is 40.2 Å². The molecule has 0 saturated heterocycles. The molecule has 3 aromatic carbocycles. The lowest BCUT2D eigenvalue weighted by Gasteiger charge is -2.17. The van der Waals surface area contributed by atoms with Crippen LogP contribution < -0.4 is 5.32 Å². The minimum Gasteiger partial charge on any atom is -0.449 e. The van der Waals surface area contributed by atoms with Crippen LogP contribution in [0.2, 0.25) is 0 Å². The zero-order valence-corrected chi connectivity index (χ0v) is 19.3. The van der Waals surface area contributed by atoms with Crippen molar-refractivity contribution in [2.75, 3.05) is 5.32 Å². The average molecular weight is 466 g/mol. The number of pyridine rings is 1. The number of benzene rings is 3. The second kappa shape index (κ2) is 9.38. The molecular weight excluding hydrogens is 442 g/mol. The quantitative estimate of drug-likeness (QED) is 0.313. The summed E-state index contributed by atoms with van der Waals surface area (Å²) in [7, 11) is 0. The molecule has 0 fully saturated rings. The van der Waals surface area contributed by atoms with Crippen LogP contribution in [0.25, 0.3) is 33.3 Å². The van der Waals surface area contributed by atoms with Crippen LogP contribution in [0.5, 0.6) is 0 Å². The van der Waals surface area contributed by atoms with Gasteiger partial charge in [-0.2, -0.15) is 0 Å². The third-order valence-corrected chi connectivity index (χ3v) is 5.72. The molecule has 0 aliphatic carbocycles. The number of carbonyl (C=O) groups excluding carboxylic acids is 2. The van der Waals surface area contributed by atoms with Gasteiger partial charge in [-0.1, -0.05) is 49.4 Å². The highest BCUT2D eigenvalue weighted by molar-refractivity contribution is 6.10. The number of nitrogens with zero attached hydrogens (tertiary/aromatic N) is 2. The van der Waals surface area contributed by atoms with Crippen molar-refractivity contribution in [2.24, 2.45) is 0 Å². The van der Waals surface area contributed by atoms with Crippen molar-refractivity contribution in [2.45, 2.75) is 26.4 Å². The number of anilines is 1. The van der Waals surface area contributed by atoms with E-state index in [2.05, 4.69) is 15.3 Å². The number of aromatic nitrogens is 2. The molecule has 1 unspecified atom stereocenters. The fraction of sp³-hybridized carbons (Fsp3) is 0.143. The van der Waals surface area contributed by atoms with E-state index in [9.17, 15) is 9.59 Å². The maximum absolute atomic E-state index is 13.3. The molecule has 1 atom stereocenters. The topological polar surface area (TPSA) is 94.3 Å². The normalized spacial score (nSPS) is 11.9. The summed E-state index contributed by atoms with van der Waals surface area (Å²) in [5.41, 5.74) is 3.37. The molecule has 0 aliphatic rings. The van der Waals surface area contributed by atoms with E-state index in [-0.39, 0.29) is 0 Å². The Morgan fingerprint density at radius 1 is 1.00 bits per heavy atom. The minimum atomic E-state index is -0.975. The predicted molar refractivity (Wildman–Crippen MR) is 134 cm³/mol. The smallest absolute Gasteiger partial charge is 0.339 e. The van der Waals surface area contributed by atoms with Gasteiger partial charge in [-0.15, -0.1) is 0 Å². The Bertz CT molecular complexity index is 1500. The summed E-state index contributed by atoms with van der Waals surface area (Å²) in [6.45, 7) is 3.70. The summed E-state index contributed by atoms with van der Waals surface area (Å²) < 4.78 is 11.6. The number of amides is 1. The molecule has 1 amide bonds. The number of esters is 1. The lowest BCUT2D eigenvalue weighted by atomic mass is 9.99. The number of rotatable bonds is 6. The number of ether oxygens (including phenoxy) is 1. The van der Waals surface area contributed by atoms with Crippen molar-refractivity contribution < 1.29 is 18.7 Å². The van der Waals surface area contributed by atoms with Crippen molar-refractivity contribution >= 4 is 39.6 Å². The number of hydrogen-bond acceptors (Lipinski definition) is 6. The lowest BCUT2D eigenvalue weighted by molar-refractivity contribution is -0.124. The number of nitrogens with one attached hydrogen (secondary N) is 1. The molecule has 7 nitrogen and oxygen atoms in total. The maximum Gasteiger partial charge on any atom is 0.339 e. The molecule has 5 rings (SSSR count). The first-order valence-electron chi connectivity index (χ1n) is 11.4. The Kier molecular flexibility index (Phi) is 5.97. The van der Waals surface area contributed by atoms with Crippen molar-refractivity contribution in [3.8, 4) is 11.5 Å². The van der Waals surface area contributed by atoms with E-state index in [0.717, 1.165) is 16.5 Å². The van der Waals surface area contributed by atoms with E-state index >= 15 is 0 Å². The SMILES string of the molecule is CCC(OC(=O)c1cccc2cccc(-c3nc4ccccc4o3)c12)C(=O)Nc1ccc(C)cn1. The number of carbonyl (C=O) groups is 2.